The highest BCUT2D eigenvalue weighted by atomic mass is 79.9. The van der Waals surface area contributed by atoms with E-state index in [1.165, 1.54) is 0 Å². The van der Waals surface area contributed by atoms with Crippen LogP contribution in [0.4, 0.5) is 0 Å². The van der Waals surface area contributed by atoms with Crippen LogP contribution in [0.3, 0.4) is 0 Å². The molecular formula is C10H12BrN3O. The Morgan fingerprint density at radius 3 is 3.00 bits per heavy atom. The normalized spacial score (nSPS) is 11.1. The van der Waals surface area contributed by atoms with Crippen LogP contribution in [0.5, 0.6) is 0 Å². The molecule has 80 valence electrons. The third-order valence-electron chi connectivity index (χ3n) is 2.32. The minimum atomic E-state index is -0.0726. The lowest BCUT2D eigenvalue weighted by atomic mass is 10.3. The van der Waals surface area contributed by atoms with Gasteiger partial charge in [0.2, 0.25) is 0 Å². The van der Waals surface area contributed by atoms with Crippen LogP contribution in [0.25, 0.3) is 11.0 Å². The summed E-state index contributed by atoms with van der Waals surface area (Å²) in [7, 11) is 0. The number of nitrogens with one attached hydrogen (secondary N) is 1. The monoisotopic (exact) mass is 269 g/mol. The average molecular weight is 270 g/mol. The van der Waals surface area contributed by atoms with E-state index in [4.69, 9.17) is 5.73 Å². The Labute approximate surface area is 95.2 Å². The largest absolute Gasteiger partial charge is 0.330 e. The van der Waals surface area contributed by atoms with Crippen molar-refractivity contribution in [3.8, 4) is 0 Å². The van der Waals surface area contributed by atoms with E-state index < -0.39 is 0 Å². The van der Waals surface area contributed by atoms with E-state index in [1.54, 1.807) is 4.57 Å². The number of rotatable bonds is 3. The molecule has 0 aliphatic carbocycles. The van der Waals surface area contributed by atoms with Gasteiger partial charge in [-0.05, 0) is 31.2 Å². The number of aryl methyl sites for hydroxylation is 1. The zero-order valence-corrected chi connectivity index (χ0v) is 9.75. The van der Waals surface area contributed by atoms with Crippen LogP contribution in [0.2, 0.25) is 0 Å². The highest BCUT2D eigenvalue weighted by Crippen LogP contribution is 2.17. The van der Waals surface area contributed by atoms with Gasteiger partial charge in [-0.15, -0.1) is 0 Å². The van der Waals surface area contributed by atoms with Gasteiger partial charge in [-0.2, -0.15) is 0 Å². The van der Waals surface area contributed by atoms with Gasteiger partial charge in [0, 0.05) is 11.0 Å². The van der Waals surface area contributed by atoms with Crippen LogP contribution in [-0.4, -0.2) is 16.1 Å². The summed E-state index contributed by atoms with van der Waals surface area (Å²) in [5.41, 5.74) is 7.14. The van der Waals surface area contributed by atoms with Crippen LogP contribution in [-0.2, 0) is 6.54 Å². The van der Waals surface area contributed by atoms with Gasteiger partial charge in [0.05, 0.1) is 11.0 Å². The molecule has 15 heavy (non-hydrogen) atoms. The SMILES string of the molecule is NCCCn1c(=O)[nH]c2ccc(Br)cc21. The van der Waals surface area contributed by atoms with Crippen LogP contribution < -0.4 is 11.4 Å². The molecule has 0 radical (unpaired) electrons. The second-order valence-corrected chi connectivity index (χ2v) is 4.30. The Morgan fingerprint density at radius 2 is 2.27 bits per heavy atom. The molecule has 0 aliphatic heterocycles. The maximum absolute atomic E-state index is 11.6. The summed E-state index contributed by atoms with van der Waals surface area (Å²) >= 11 is 3.39. The number of imidazole rings is 1. The summed E-state index contributed by atoms with van der Waals surface area (Å²) < 4.78 is 2.68. The van der Waals surface area contributed by atoms with Crippen molar-refractivity contribution in [2.24, 2.45) is 5.73 Å². The van der Waals surface area contributed by atoms with Gasteiger partial charge in [-0.25, -0.2) is 4.79 Å². The number of benzene rings is 1. The second kappa shape index (κ2) is 4.20. The van der Waals surface area contributed by atoms with Gasteiger partial charge in [0.15, 0.2) is 0 Å². The fraction of sp³-hybridized carbons (Fsp3) is 0.300. The van der Waals surface area contributed by atoms with E-state index in [1.807, 2.05) is 18.2 Å². The molecule has 0 saturated carbocycles. The number of H-pyrrole nitrogens is 1. The molecule has 0 spiro atoms. The maximum atomic E-state index is 11.6. The molecule has 0 bridgehead atoms. The summed E-state index contributed by atoms with van der Waals surface area (Å²) in [5.74, 6) is 0. The van der Waals surface area contributed by atoms with E-state index in [2.05, 4.69) is 20.9 Å². The van der Waals surface area contributed by atoms with Crippen molar-refractivity contribution in [3.05, 3.63) is 33.2 Å². The highest BCUT2D eigenvalue weighted by molar-refractivity contribution is 9.10. The minimum absolute atomic E-state index is 0.0726. The van der Waals surface area contributed by atoms with Crippen molar-refractivity contribution in [2.75, 3.05) is 6.54 Å². The van der Waals surface area contributed by atoms with Crippen LogP contribution in [0.15, 0.2) is 27.5 Å². The number of aromatic nitrogens is 2. The maximum Gasteiger partial charge on any atom is 0.326 e. The molecule has 1 aromatic heterocycles. The number of hydrogen-bond donors (Lipinski definition) is 2. The first-order valence-electron chi connectivity index (χ1n) is 4.80. The zero-order chi connectivity index (χ0) is 10.8. The van der Waals surface area contributed by atoms with Gasteiger partial charge in [0.1, 0.15) is 0 Å². The Balaban J connectivity index is 2.55. The Hall–Kier alpha value is -1.07. The van der Waals surface area contributed by atoms with E-state index in [9.17, 15) is 4.79 Å². The van der Waals surface area contributed by atoms with E-state index in [-0.39, 0.29) is 5.69 Å². The van der Waals surface area contributed by atoms with Gasteiger partial charge in [-0.1, -0.05) is 15.9 Å². The molecule has 0 atom stereocenters. The van der Waals surface area contributed by atoms with Crippen LogP contribution in [0, 0.1) is 0 Å². The average Bonchev–Trinajstić information content (AvgIpc) is 2.51. The minimum Gasteiger partial charge on any atom is -0.330 e. The number of fused-ring (bicyclic) bond motifs is 1. The molecule has 1 heterocycles. The summed E-state index contributed by atoms with van der Waals surface area (Å²) in [6, 6.07) is 5.73. The van der Waals surface area contributed by atoms with Gasteiger partial charge in [0.25, 0.3) is 0 Å². The predicted molar refractivity (Wildman–Crippen MR) is 63.9 cm³/mol. The van der Waals surface area contributed by atoms with Crippen LogP contribution >= 0.6 is 15.9 Å². The summed E-state index contributed by atoms with van der Waals surface area (Å²) in [6.45, 7) is 1.25. The van der Waals surface area contributed by atoms with Gasteiger partial charge < -0.3 is 10.7 Å². The number of halogens is 1. The molecular weight excluding hydrogens is 258 g/mol. The smallest absolute Gasteiger partial charge is 0.326 e. The zero-order valence-electron chi connectivity index (χ0n) is 8.16. The molecule has 0 saturated heterocycles. The Kier molecular flexibility index (Phi) is 2.93. The molecule has 1 aromatic carbocycles. The quantitative estimate of drug-likeness (QED) is 0.886. The number of nitrogens with zero attached hydrogens (tertiary/aromatic N) is 1. The predicted octanol–water partition coefficient (Wildman–Crippen LogP) is 1.44. The first-order valence-corrected chi connectivity index (χ1v) is 5.60. The molecule has 5 heteroatoms. The van der Waals surface area contributed by atoms with Crippen molar-refractivity contribution in [3.63, 3.8) is 0 Å². The van der Waals surface area contributed by atoms with Crippen molar-refractivity contribution in [2.45, 2.75) is 13.0 Å². The second-order valence-electron chi connectivity index (χ2n) is 3.39. The molecule has 0 unspecified atom stereocenters. The van der Waals surface area contributed by atoms with Gasteiger partial charge >= 0.3 is 5.69 Å². The molecule has 0 fully saturated rings. The lowest BCUT2D eigenvalue weighted by molar-refractivity contribution is 0.647. The first kappa shape index (κ1) is 10.4. The van der Waals surface area contributed by atoms with E-state index in [0.29, 0.717) is 13.1 Å². The lowest BCUT2D eigenvalue weighted by Crippen LogP contribution is -2.18. The highest BCUT2D eigenvalue weighted by Gasteiger charge is 2.05. The fourth-order valence-electron chi connectivity index (χ4n) is 1.60. The first-order chi connectivity index (χ1) is 7.22. The molecule has 2 rings (SSSR count). The Bertz CT molecular complexity index is 529. The van der Waals surface area contributed by atoms with Crippen molar-refractivity contribution >= 4 is 27.0 Å². The molecule has 0 aliphatic rings. The van der Waals surface area contributed by atoms with Crippen molar-refractivity contribution < 1.29 is 0 Å². The standard InChI is InChI=1S/C10H12BrN3O/c11-7-2-3-8-9(6-7)14(5-1-4-12)10(15)13-8/h2-3,6H,1,4-5,12H2,(H,13,15). The van der Waals surface area contributed by atoms with Crippen molar-refractivity contribution in [1.29, 1.82) is 0 Å². The topological polar surface area (TPSA) is 63.8 Å². The molecule has 2 aromatic rings. The number of aromatic amines is 1. The third-order valence-corrected chi connectivity index (χ3v) is 2.82. The third kappa shape index (κ3) is 1.98. The van der Waals surface area contributed by atoms with Crippen molar-refractivity contribution in [1.82, 2.24) is 9.55 Å². The number of hydrogen-bond acceptors (Lipinski definition) is 2. The molecule has 3 N–H and O–H groups in total. The summed E-state index contributed by atoms with van der Waals surface area (Å²) in [6.07, 6.45) is 0.805. The fourth-order valence-corrected chi connectivity index (χ4v) is 1.95. The van der Waals surface area contributed by atoms with Gasteiger partial charge in [-0.3, -0.25) is 4.57 Å². The summed E-state index contributed by atoms with van der Waals surface area (Å²) in [4.78, 5) is 14.4. The number of nitrogens with two attached hydrogens (primary N) is 1. The van der Waals surface area contributed by atoms with Crippen LogP contribution in [0.1, 0.15) is 6.42 Å². The molecule has 4 nitrogen and oxygen atoms in total. The summed E-state index contributed by atoms with van der Waals surface area (Å²) in [5, 5.41) is 0. The Morgan fingerprint density at radius 1 is 1.47 bits per heavy atom. The molecule has 0 amide bonds. The van der Waals surface area contributed by atoms with E-state index in [0.717, 1.165) is 21.9 Å². The lowest BCUT2D eigenvalue weighted by Gasteiger charge is -2.01. The van der Waals surface area contributed by atoms with E-state index >= 15 is 0 Å².